The van der Waals surface area contributed by atoms with Gasteiger partial charge in [0.15, 0.2) is 0 Å². The molecule has 44 heavy (non-hydrogen) atoms. The molecule has 2 heterocycles. The average Bonchev–Trinajstić information content (AvgIpc) is 2.74. The summed E-state index contributed by atoms with van der Waals surface area (Å²) in [4.78, 5) is 16.9. The Kier molecular flexibility index (Phi) is 12.2. The SMILES string of the molecule is CC(C)(C)N=[N+]([O-])c1nc([N+]([O-])=NC(C)(C)C)c(Br)nc1Br.CC(C)(C)N=[N+]([O-])c1nc([N+]([O-])=NC(C)(C)C)c(N)nc1N. The van der Waals surface area contributed by atoms with Gasteiger partial charge < -0.3 is 32.3 Å². The van der Waals surface area contributed by atoms with Gasteiger partial charge >= 0.3 is 23.3 Å². The minimum Gasteiger partial charge on any atom is -0.691 e. The van der Waals surface area contributed by atoms with Crippen LogP contribution in [0.25, 0.3) is 0 Å². The lowest BCUT2D eigenvalue weighted by molar-refractivity contribution is -0.467. The molecule has 0 amide bonds. The smallest absolute Gasteiger partial charge is 0.394 e. The van der Waals surface area contributed by atoms with Gasteiger partial charge in [-0.1, -0.05) is 0 Å². The second kappa shape index (κ2) is 14.0. The van der Waals surface area contributed by atoms with Gasteiger partial charge in [0.05, 0.1) is 22.2 Å². The monoisotopic (exact) mass is 746 g/mol. The Morgan fingerprint density at radius 3 is 0.932 bits per heavy atom. The van der Waals surface area contributed by atoms with Crippen LogP contribution < -0.4 is 11.5 Å². The minimum absolute atomic E-state index is 0.113. The summed E-state index contributed by atoms with van der Waals surface area (Å²) in [6.07, 6.45) is 0. The zero-order valence-electron chi connectivity index (χ0n) is 26.9. The Morgan fingerprint density at radius 2 is 0.682 bits per heavy atom. The van der Waals surface area contributed by atoms with Gasteiger partial charge in [-0.05, 0) is 115 Å². The number of nitrogens with two attached hydrogens (primary N) is 2. The molecule has 2 aromatic rings. The Balaban J connectivity index is 0.000000440. The van der Waals surface area contributed by atoms with Crippen molar-refractivity contribution < 1.29 is 19.4 Å². The maximum absolute atomic E-state index is 12.1. The number of nitrogens with zero attached hydrogens (tertiary/aromatic N) is 12. The van der Waals surface area contributed by atoms with Crippen LogP contribution in [0.4, 0.5) is 34.9 Å². The molecule has 2 aromatic heterocycles. The van der Waals surface area contributed by atoms with Gasteiger partial charge in [0.2, 0.25) is 20.8 Å². The molecule has 0 bridgehead atoms. The maximum Gasteiger partial charge on any atom is 0.394 e. The minimum atomic E-state index is -0.648. The molecular weight excluding hydrogens is 708 g/mol. The van der Waals surface area contributed by atoms with E-state index in [1.54, 1.807) is 83.1 Å². The van der Waals surface area contributed by atoms with Crippen LogP contribution in [0.15, 0.2) is 29.7 Å². The number of rotatable bonds is 4. The third-order valence-electron chi connectivity index (χ3n) is 3.98. The number of hydrogen-bond acceptors (Lipinski definition) is 14. The number of hydrogen-bond donors (Lipinski definition) is 2. The third kappa shape index (κ3) is 12.9. The molecule has 0 saturated carbocycles. The van der Waals surface area contributed by atoms with E-state index in [0.29, 0.717) is 9.72 Å². The molecule has 0 aromatic carbocycles. The van der Waals surface area contributed by atoms with Crippen LogP contribution in [0.3, 0.4) is 0 Å². The molecular formula is C24H40Br2N14O4. The highest BCUT2D eigenvalue weighted by Gasteiger charge is 2.27. The molecule has 2 rings (SSSR count). The van der Waals surface area contributed by atoms with Gasteiger partial charge in [-0.15, -0.1) is 39.9 Å². The fourth-order valence-corrected chi connectivity index (χ4v) is 3.70. The Morgan fingerprint density at radius 1 is 0.455 bits per heavy atom. The van der Waals surface area contributed by atoms with Crippen LogP contribution in [0, 0.1) is 20.8 Å². The first-order valence-corrected chi connectivity index (χ1v) is 14.6. The van der Waals surface area contributed by atoms with Gasteiger partial charge in [-0.3, -0.25) is 0 Å². The molecule has 0 spiro atoms. The molecule has 244 valence electrons. The number of nitrogen functional groups attached to an aromatic ring is 2. The van der Waals surface area contributed by atoms with E-state index in [9.17, 15) is 20.8 Å². The first-order valence-electron chi connectivity index (χ1n) is 13.1. The summed E-state index contributed by atoms with van der Waals surface area (Å²) in [5, 5.41) is 63.8. The highest BCUT2D eigenvalue weighted by molar-refractivity contribution is 9.11. The summed E-state index contributed by atoms with van der Waals surface area (Å²) < 4.78 is 0.352. The van der Waals surface area contributed by atoms with Crippen LogP contribution in [0.2, 0.25) is 0 Å². The van der Waals surface area contributed by atoms with Gasteiger partial charge in [0, 0.05) is 9.97 Å². The van der Waals surface area contributed by atoms with Crippen LogP contribution in [0.1, 0.15) is 83.1 Å². The fourth-order valence-electron chi connectivity index (χ4n) is 2.63. The number of azo groups is 4. The first kappa shape index (κ1) is 38.3. The number of anilines is 2. The van der Waals surface area contributed by atoms with Crippen LogP contribution >= 0.6 is 31.9 Å². The summed E-state index contributed by atoms with van der Waals surface area (Å²) in [6.45, 7) is 21.0. The Hall–Kier alpha value is -3.68. The molecule has 0 fully saturated rings. The van der Waals surface area contributed by atoms with E-state index >= 15 is 0 Å². The van der Waals surface area contributed by atoms with Crippen molar-refractivity contribution in [3.8, 4) is 0 Å². The normalized spacial score (nSPS) is 14.3. The predicted octanol–water partition coefficient (Wildman–Crippen LogP) is 7.21. The maximum atomic E-state index is 12.1. The summed E-state index contributed by atoms with van der Waals surface area (Å²) in [5.41, 5.74) is 8.78. The first-order chi connectivity index (χ1) is 19.6. The quantitative estimate of drug-likeness (QED) is 0.180. The topological polar surface area (TPSA) is 257 Å². The standard InChI is InChI=1S/C12H18Br2N6O2.C12H22N8O2/c2*1-11(2,3)17-19(21)9-7(13)15-8(14)10(16-9)20(22)18-12(4,5)6/h1-6H3;1-6H3,(H4,13,14,15). The van der Waals surface area contributed by atoms with E-state index in [4.69, 9.17) is 11.5 Å². The van der Waals surface area contributed by atoms with E-state index in [2.05, 4.69) is 72.3 Å². The van der Waals surface area contributed by atoms with E-state index in [-0.39, 0.29) is 53.8 Å². The summed E-state index contributed by atoms with van der Waals surface area (Å²) in [5.74, 6) is -1.26. The predicted molar refractivity (Wildman–Crippen MR) is 170 cm³/mol. The van der Waals surface area contributed by atoms with Crippen LogP contribution in [0.5, 0.6) is 0 Å². The van der Waals surface area contributed by atoms with E-state index in [1.165, 1.54) is 0 Å². The molecule has 0 aliphatic heterocycles. The molecule has 0 radical (unpaired) electrons. The lowest BCUT2D eigenvalue weighted by atomic mass is 10.1. The highest BCUT2D eigenvalue weighted by atomic mass is 79.9. The van der Waals surface area contributed by atoms with E-state index < -0.39 is 22.2 Å². The summed E-state index contributed by atoms with van der Waals surface area (Å²) in [7, 11) is 0. The van der Waals surface area contributed by atoms with Crippen molar-refractivity contribution in [3.63, 3.8) is 0 Å². The number of halogens is 2. The molecule has 18 nitrogen and oxygen atoms in total. The van der Waals surface area contributed by atoms with Crippen molar-refractivity contribution in [2.45, 2.75) is 105 Å². The third-order valence-corrected chi connectivity index (χ3v) is 5.04. The van der Waals surface area contributed by atoms with Crippen molar-refractivity contribution in [1.29, 1.82) is 0 Å². The van der Waals surface area contributed by atoms with E-state index in [0.717, 1.165) is 0 Å². The van der Waals surface area contributed by atoms with Crippen molar-refractivity contribution >= 4 is 66.8 Å². The van der Waals surface area contributed by atoms with Crippen molar-refractivity contribution in [2.75, 3.05) is 11.5 Å². The molecule has 0 aliphatic carbocycles. The Bertz CT molecular complexity index is 1270. The van der Waals surface area contributed by atoms with Gasteiger partial charge in [0.1, 0.15) is 0 Å². The number of aromatic nitrogens is 4. The average molecular weight is 748 g/mol. The largest absolute Gasteiger partial charge is 0.691 e. The summed E-state index contributed by atoms with van der Waals surface area (Å²) >= 11 is 6.29. The van der Waals surface area contributed by atoms with Gasteiger partial charge in [0.25, 0.3) is 0 Å². The zero-order valence-corrected chi connectivity index (χ0v) is 30.1. The lowest BCUT2D eigenvalue weighted by Crippen LogP contribution is -2.17. The van der Waals surface area contributed by atoms with Crippen LogP contribution in [-0.2, 0) is 0 Å². The second-order valence-corrected chi connectivity index (χ2v) is 14.8. The van der Waals surface area contributed by atoms with Crippen LogP contribution in [-0.4, -0.2) is 61.5 Å². The molecule has 20 heteroatoms. The van der Waals surface area contributed by atoms with Crippen molar-refractivity contribution in [1.82, 2.24) is 19.9 Å². The summed E-state index contributed by atoms with van der Waals surface area (Å²) in [6, 6.07) is 0. The zero-order chi connectivity index (χ0) is 34.6. The molecule has 4 N–H and O–H groups in total. The molecule has 0 aliphatic rings. The van der Waals surface area contributed by atoms with Crippen molar-refractivity contribution in [2.24, 2.45) is 20.5 Å². The fraction of sp³-hybridized carbons (Fsp3) is 0.667. The van der Waals surface area contributed by atoms with E-state index in [1.807, 2.05) is 0 Å². The highest BCUT2D eigenvalue weighted by Crippen LogP contribution is 2.31. The van der Waals surface area contributed by atoms with Gasteiger partial charge in [-0.2, -0.15) is 4.98 Å². The Labute approximate surface area is 272 Å². The molecule has 0 unspecified atom stereocenters. The second-order valence-electron chi connectivity index (χ2n) is 13.3. The lowest BCUT2D eigenvalue weighted by Gasteiger charge is -2.15. The molecule has 0 atom stereocenters. The molecule has 0 saturated heterocycles. The van der Waals surface area contributed by atoms with Gasteiger partial charge in [-0.25, -0.2) is 4.98 Å². The van der Waals surface area contributed by atoms with Crippen molar-refractivity contribution in [3.05, 3.63) is 30.0 Å².